The van der Waals surface area contributed by atoms with E-state index in [-0.39, 0.29) is 10.6 Å². The molecular formula is C22H22N4O5S. The van der Waals surface area contributed by atoms with Crippen molar-refractivity contribution in [2.24, 2.45) is 5.10 Å². The van der Waals surface area contributed by atoms with Crippen LogP contribution in [0.1, 0.15) is 5.56 Å². The van der Waals surface area contributed by atoms with Gasteiger partial charge in [-0.25, -0.2) is 13.8 Å². The van der Waals surface area contributed by atoms with Crippen LogP contribution in [0.2, 0.25) is 0 Å². The van der Waals surface area contributed by atoms with Crippen molar-refractivity contribution < 1.29 is 22.7 Å². The van der Waals surface area contributed by atoms with E-state index in [0.29, 0.717) is 17.1 Å². The number of pyridine rings is 1. The predicted molar refractivity (Wildman–Crippen MR) is 120 cm³/mol. The first-order chi connectivity index (χ1) is 15.5. The van der Waals surface area contributed by atoms with E-state index in [2.05, 4.69) is 15.5 Å². The van der Waals surface area contributed by atoms with Crippen molar-refractivity contribution in [3.8, 4) is 11.5 Å². The highest BCUT2D eigenvalue weighted by atomic mass is 32.2. The van der Waals surface area contributed by atoms with Gasteiger partial charge in [-0.05, 0) is 42.5 Å². The number of aromatic nitrogens is 1. The number of hydrazone groups is 1. The SMILES string of the molecule is COc1ccc(S(=O)(=O)N(CC(=O)N/N=C\c2cccnc2)c2ccccc2OC)cc1. The van der Waals surface area contributed by atoms with Gasteiger partial charge in [0.15, 0.2) is 0 Å². The van der Waals surface area contributed by atoms with Gasteiger partial charge in [0.2, 0.25) is 0 Å². The standard InChI is InChI=1S/C22H22N4O5S/c1-30-18-9-11-19(12-10-18)32(28,29)26(20-7-3-4-8-21(20)31-2)16-22(27)25-24-15-17-6-5-13-23-14-17/h3-15H,16H2,1-2H3,(H,25,27)/b24-15-. The van der Waals surface area contributed by atoms with Gasteiger partial charge in [0.05, 0.1) is 31.0 Å². The molecule has 0 saturated carbocycles. The molecule has 2 aromatic carbocycles. The summed E-state index contributed by atoms with van der Waals surface area (Å²) in [5.41, 5.74) is 3.25. The molecular weight excluding hydrogens is 432 g/mol. The zero-order chi connectivity index (χ0) is 23.0. The largest absolute Gasteiger partial charge is 0.497 e. The van der Waals surface area contributed by atoms with E-state index in [0.717, 1.165) is 4.31 Å². The molecule has 1 aromatic heterocycles. The number of ether oxygens (including phenoxy) is 2. The zero-order valence-electron chi connectivity index (χ0n) is 17.5. The van der Waals surface area contributed by atoms with Crippen LogP contribution in [0, 0.1) is 0 Å². The number of sulfonamides is 1. The number of hydrogen-bond donors (Lipinski definition) is 1. The smallest absolute Gasteiger partial charge is 0.264 e. The van der Waals surface area contributed by atoms with Gasteiger partial charge in [0, 0.05) is 18.0 Å². The van der Waals surface area contributed by atoms with Gasteiger partial charge in [-0.3, -0.25) is 14.1 Å². The number of benzene rings is 2. The molecule has 0 radical (unpaired) electrons. The van der Waals surface area contributed by atoms with Gasteiger partial charge < -0.3 is 9.47 Å². The minimum Gasteiger partial charge on any atom is -0.497 e. The summed E-state index contributed by atoms with van der Waals surface area (Å²) in [5, 5.41) is 3.87. The Bertz CT molecular complexity index is 1180. The zero-order valence-corrected chi connectivity index (χ0v) is 18.3. The Hall–Kier alpha value is -3.92. The molecule has 1 heterocycles. The van der Waals surface area contributed by atoms with E-state index >= 15 is 0 Å². The Balaban J connectivity index is 1.90. The minimum atomic E-state index is -4.11. The maximum Gasteiger partial charge on any atom is 0.264 e. The van der Waals surface area contributed by atoms with Gasteiger partial charge in [-0.2, -0.15) is 5.10 Å². The lowest BCUT2D eigenvalue weighted by Crippen LogP contribution is -2.39. The summed E-state index contributed by atoms with van der Waals surface area (Å²) >= 11 is 0. The first-order valence-corrected chi connectivity index (χ1v) is 10.9. The second-order valence-corrected chi connectivity index (χ2v) is 8.30. The number of nitrogens with zero attached hydrogens (tertiary/aromatic N) is 3. The van der Waals surface area contributed by atoms with Crippen LogP contribution in [0.5, 0.6) is 11.5 Å². The van der Waals surface area contributed by atoms with E-state index < -0.39 is 22.5 Å². The van der Waals surface area contributed by atoms with Crippen molar-refractivity contribution in [2.75, 3.05) is 25.1 Å². The van der Waals surface area contributed by atoms with Gasteiger partial charge in [0.1, 0.15) is 18.0 Å². The van der Waals surface area contributed by atoms with Crippen LogP contribution < -0.4 is 19.2 Å². The predicted octanol–water partition coefficient (Wildman–Crippen LogP) is 2.44. The lowest BCUT2D eigenvalue weighted by Gasteiger charge is -2.25. The van der Waals surface area contributed by atoms with Crippen LogP contribution >= 0.6 is 0 Å². The summed E-state index contributed by atoms with van der Waals surface area (Å²) in [6, 6.07) is 15.9. The number of carbonyl (C=O) groups excluding carboxylic acids is 1. The quantitative estimate of drug-likeness (QED) is 0.393. The molecule has 166 valence electrons. The van der Waals surface area contributed by atoms with Crippen molar-refractivity contribution in [3.05, 3.63) is 78.6 Å². The number of anilines is 1. The molecule has 10 heteroatoms. The summed E-state index contributed by atoms with van der Waals surface area (Å²) in [4.78, 5) is 16.5. The molecule has 0 saturated heterocycles. The minimum absolute atomic E-state index is 0.00383. The topological polar surface area (TPSA) is 110 Å². The third-order valence-electron chi connectivity index (χ3n) is 4.38. The first kappa shape index (κ1) is 22.8. The van der Waals surface area contributed by atoms with Gasteiger partial charge in [-0.15, -0.1) is 0 Å². The van der Waals surface area contributed by atoms with E-state index in [1.54, 1.807) is 48.8 Å². The van der Waals surface area contributed by atoms with Crippen LogP contribution in [0.3, 0.4) is 0 Å². The van der Waals surface area contributed by atoms with E-state index in [4.69, 9.17) is 9.47 Å². The Kier molecular flexibility index (Phi) is 7.40. The highest BCUT2D eigenvalue weighted by molar-refractivity contribution is 7.92. The average molecular weight is 455 g/mol. The number of amides is 1. The number of methoxy groups -OCH3 is 2. The Morgan fingerprint density at radius 3 is 2.47 bits per heavy atom. The molecule has 32 heavy (non-hydrogen) atoms. The highest BCUT2D eigenvalue weighted by Gasteiger charge is 2.29. The normalized spacial score (nSPS) is 11.2. The molecule has 0 atom stereocenters. The summed E-state index contributed by atoms with van der Waals surface area (Å²) in [6.45, 7) is -0.515. The number of hydrogen-bond acceptors (Lipinski definition) is 7. The third-order valence-corrected chi connectivity index (χ3v) is 6.15. The van der Waals surface area contributed by atoms with Gasteiger partial charge >= 0.3 is 0 Å². The van der Waals surface area contributed by atoms with E-state index in [9.17, 15) is 13.2 Å². The molecule has 1 amide bonds. The van der Waals surface area contributed by atoms with Crippen LogP contribution in [-0.4, -0.2) is 46.3 Å². The molecule has 9 nitrogen and oxygen atoms in total. The fraction of sp³-hybridized carbons (Fsp3) is 0.136. The van der Waals surface area contributed by atoms with E-state index in [1.807, 2.05) is 0 Å². The Morgan fingerprint density at radius 2 is 1.81 bits per heavy atom. The van der Waals surface area contributed by atoms with Gasteiger partial charge in [0.25, 0.3) is 15.9 Å². The molecule has 0 unspecified atom stereocenters. The summed E-state index contributed by atoms with van der Waals surface area (Å²) in [5.74, 6) is 0.180. The number of para-hydroxylation sites is 2. The highest BCUT2D eigenvalue weighted by Crippen LogP contribution is 2.32. The van der Waals surface area contributed by atoms with Crippen LogP contribution in [0.15, 0.2) is 83.1 Å². The molecule has 1 N–H and O–H groups in total. The lowest BCUT2D eigenvalue weighted by molar-refractivity contribution is -0.119. The van der Waals surface area contributed by atoms with E-state index in [1.165, 1.54) is 44.7 Å². The van der Waals surface area contributed by atoms with Crippen molar-refractivity contribution >= 4 is 27.8 Å². The summed E-state index contributed by atoms with van der Waals surface area (Å²) in [7, 11) is -1.20. The molecule has 0 aliphatic carbocycles. The number of carbonyl (C=O) groups is 1. The number of rotatable bonds is 9. The maximum atomic E-state index is 13.4. The fourth-order valence-corrected chi connectivity index (χ4v) is 4.24. The fourth-order valence-electron chi connectivity index (χ4n) is 2.81. The Labute approximate surface area is 186 Å². The molecule has 0 bridgehead atoms. The van der Waals surface area contributed by atoms with Crippen LogP contribution in [0.25, 0.3) is 0 Å². The van der Waals surface area contributed by atoms with Crippen molar-refractivity contribution in [1.82, 2.24) is 10.4 Å². The second-order valence-electron chi connectivity index (χ2n) is 6.44. The molecule has 0 aliphatic heterocycles. The van der Waals surface area contributed by atoms with Crippen LogP contribution in [0.4, 0.5) is 5.69 Å². The first-order valence-electron chi connectivity index (χ1n) is 9.47. The number of nitrogens with one attached hydrogen (secondary N) is 1. The third kappa shape index (κ3) is 5.41. The Morgan fingerprint density at radius 1 is 1.06 bits per heavy atom. The van der Waals surface area contributed by atoms with Crippen molar-refractivity contribution in [3.63, 3.8) is 0 Å². The molecule has 0 aliphatic rings. The summed E-state index contributed by atoms with van der Waals surface area (Å²) in [6.07, 6.45) is 4.60. The molecule has 3 aromatic rings. The maximum absolute atomic E-state index is 13.4. The molecule has 3 rings (SSSR count). The summed E-state index contributed by atoms with van der Waals surface area (Å²) < 4.78 is 38.3. The van der Waals surface area contributed by atoms with Gasteiger partial charge in [-0.1, -0.05) is 18.2 Å². The monoisotopic (exact) mass is 454 g/mol. The van der Waals surface area contributed by atoms with Crippen LogP contribution in [-0.2, 0) is 14.8 Å². The lowest BCUT2D eigenvalue weighted by atomic mass is 10.3. The molecule has 0 fully saturated rings. The average Bonchev–Trinajstić information content (AvgIpc) is 2.83. The second kappa shape index (κ2) is 10.4. The van der Waals surface area contributed by atoms with Crippen molar-refractivity contribution in [1.29, 1.82) is 0 Å². The molecule has 0 spiro atoms. The van der Waals surface area contributed by atoms with Crippen molar-refractivity contribution in [2.45, 2.75) is 4.90 Å².